The van der Waals surface area contributed by atoms with E-state index >= 15 is 0 Å². The van der Waals surface area contributed by atoms with Gasteiger partial charge in [0.25, 0.3) is 5.91 Å². The summed E-state index contributed by atoms with van der Waals surface area (Å²) < 4.78 is 14.1. The van der Waals surface area contributed by atoms with Crippen LogP contribution < -0.4 is 5.32 Å². The molecule has 2 aromatic carbocycles. The van der Waals surface area contributed by atoms with Crippen LogP contribution in [0.25, 0.3) is 0 Å². The third kappa shape index (κ3) is 2.90. The third-order valence-corrected chi connectivity index (χ3v) is 5.29. The molecule has 5 heteroatoms. The Kier molecular flexibility index (Phi) is 4.13. The molecule has 21 heavy (non-hydrogen) atoms. The molecule has 1 unspecified atom stereocenters. The maximum absolute atomic E-state index is 13.7. The lowest BCUT2D eigenvalue weighted by atomic mass is 9.95. The summed E-state index contributed by atoms with van der Waals surface area (Å²) in [4.78, 5) is 11.8. The van der Waals surface area contributed by atoms with E-state index in [1.807, 2.05) is 24.3 Å². The number of carbonyl (C=O) groups excluding carboxylic acids is 1. The first-order chi connectivity index (χ1) is 10.1. The molecule has 2 aromatic rings. The highest BCUT2D eigenvalue weighted by Gasteiger charge is 2.19. The second kappa shape index (κ2) is 5.89. The average molecular weight is 413 g/mol. The smallest absolute Gasteiger partial charge is 0.251 e. The highest BCUT2D eigenvalue weighted by atomic mass is 79.9. The number of hydrogen-bond acceptors (Lipinski definition) is 1. The molecule has 0 aromatic heterocycles. The van der Waals surface area contributed by atoms with Crippen molar-refractivity contribution in [3.05, 3.63) is 68.9 Å². The molecule has 0 bridgehead atoms. The zero-order valence-electron chi connectivity index (χ0n) is 11.0. The molecule has 0 saturated heterocycles. The van der Waals surface area contributed by atoms with E-state index in [2.05, 4.69) is 37.2 Å². The number of nitrogens with one attached hydrogen (secondary N) is 1. The standard InChI is InChI=1S/C16H12Br2FNO/c17-13-4-3-11(8-14(13)19)15(18)10-2-1-9-5-6-20-16(21)12(9)7-10/h1-4,7-8,15H,5-6H2,(H,20,21). The number of rotatable bonds is 2. The normalized spacial score (nSPS) is 15.3. The van der Waals surface area contributed by atoms with Crippen molar-refractivity contribution in [1.82, 2.24) is 5.32 Å². The molecular weight excluding hydrogens is 401 g/mol. The van der Waals surface area contributed by atoms with E-state index < -0.39 is 0 Å². The van der Waals surface area contributed by atoms with Crippen LogP contribution in [0.4, 0.5) is 4.39 Å². The van der Waals surface area contributed by atoms with Crippen LogP contribution in [0.3, 0.4) is 0 Å². The number of halogens is 3. The van der Waals surface area contributed by atoms with Gasteiger partial charge in [0.15, 0.2) is 0 Å². The first-order valence-corrected chi connectivity index (χ1v) is 8.27. The van der Waals surface area contributed by atoms with E-state index in [1.54, 1.807) is 6.07 Å². The van der Waals surface area contributed by atoms with Crippen molar-refractivity contribution < 1.29 is 9.18 Å². The second-order valence-corrected chi connectivity index (χ2v) is 6.73. The lowest BCUT2D eigenvalue weighted by molar-refractivity contribution is 0.0946. The lowest BCUT2D eigenvalue weighted by Gasteiger charge is -2.19. The van der Waals surface area contributed by atoms with Gasteiger partial charge in [-0.25, -0.2) is 4.39 Å². The van der Waals surface area contributed by atoms with Crippen LogP contribution in [0.5, 0.6) is 0 Å². The van der Waals surface area contributed by atoms with E-state index in [-0.39, 0.29) is 16.6 Å². The average Bonchev–Trinajstić information content (AvgIpc) is 2.49. The molecular formula is C16H12Br2FNO. The van der Waals surface area contributed by atoms with Crippen LogP contribution in [-0.4, -0.2) is 12.5 Å². The Morgan fingerprint density at radius 1 is 1.14 bits per heavy atom. The molecule has 2 nitrogen and oxygen atoms in total. The Bertz CT molecular complexity index is 717. The fourth-order valence-corrected chi connectivity index (χ4v) is 3.27. The molecule has 108 valence electrons. The topological polar surface area (TPSA) is 29.1 Å². The molecule has 0 aliphatic carbocycles. The van der Waals surface area contributed by atoms with Crippen molar-refractivity contribution in [3.63, 3.8) is 0 Å². The number of fused-ring (bicyclic) bond motifs is 1. The highest BCUT2D eigenvalue weighted by molar-refractivity contribution is 9.10. The molecule has 1 aliphatic rings. The number of amides is 1. The molecule has 3 rings (SSSR count). The Morgan fingerprint density at radius 3 is 2.62 bits per heavy atom. The van der Waals surface area contributed by atoms with Gasteiger partial charge in [-0.05, 0) is 57.2 Å². The zero-order valence-corrected chi connectivity index (χ0v) is 14.2. The third-order valence-electron chi connectivity index (χ3n) is 3.59. The quantitative estimate of drug-likeness (QED) is 0.729. The predicted molar refractivity (Wildman–Crippen MR) is 87.3 cm³/mol. The van der Waals surface area contributed by atoms with Crippen molar-refractivity contribution in [2.75, 3.05) is 6.54 Å². The van der Waals surface area contributed by atoms with Crippen LogP contribution in [0.2, 0.25) is 0 Å². The number of alkyl halides is 1. The molecule has 1 atom stereocenters. The number of hydrogen-bond donors (Lipinski definition) is 1. The van der Waals surface area contributed by atoms with E-state index in [1.165, 1.54) is 6.07 Å². The van der Waals surface area contributed by atoms with E-state index in [0.29, 0.717) is 16.6 Å². The van der Waals surface area contributed by atoms with Crippen molar-refractivity contribution in [1.29, 1.82) is 0 Å². The summed E-state index contributed by atoms with van der Waals surface area (Å²) in [7, 11) is 0. The lowest BCUT2D eigenvalue weighted by Crippen LogP contribution is -2.31. The van der Waals surface area contributed by atoms with Crippen molar-refractivity contribution in [2.24, 2.45) is 0 Å². The summed E-state index contributed by atoms with van der Waals surface area (Å²) >= 11 is 6.74. The summed E-state index contributed by atoms with van der Waals surface area (Å²) in [6.45, 7) is 0.681. The van der Waals surface area contributed by atoms with Gasteiger partial charge in [-0.2, -0.15) is 0 Å². The van der Waals surface area contributed by atoms with Gasteiger partial charge < -0.3 is 5.32 Å². The van der Waals surface area contributed by atoms with E-state index in [9.17, 15) is 9.18 Å². The largest absolute Gasteiger partial charge is 0.352 e. The molecule has 0 saturated carbocycles. The molecule has 0 fully saturated rings. The monoisotopic (exact) mass is 411 g/mol. The predicted octanol–water partition coefficient (Wildman–Crippen LogP) is 4.36. The first-order valence-electron chi connectivity index (χ1n) is 6.56. The fraction of sp³-hybridized carbons (Fsp3) is 0.188. The molecule has 1 aliphatic heterocycles. The van der Waals surface area contributed by atoms with E-state index in [0.717, 1.165) is 23.1 Å². The van der Waals surface area contributed by atoms with Crippen molar-refractivity contribution in [3.8, 4) is 0 Å². The maximum Gasteiger partial charge on any atom is 0.251 e. The maximum atomic E-state index is 13.7. The van der Waals surface area contributed by atoms with Gasteiger partial charge in [-0.3, -0.25) is 4.79 Å². The Labute approximate surface area is 139 Å². The van der Waals surface area contributed by atoms with Gasteiger partial charge in [0.1, 0.15) is 5.82 Å². The van der Waals surface area contributed by atoms with Crippen LogP contribution in [-0.2, 0) is 6.42 Å². The number of benzene rings is 2. The zero-order chi connectivity index (χ0) is 15.0. The molecule has 1 N–H and O–H groups in total. The molecule has 1 amide bonds. The van der Waals surface area contributed by atoms with Gasteiger partial charge in [0, 0.05) is 12.1 Å². The summed E-state index contributed by atoms with van der Waals surface area (Å²) in [6.07, 6.45) is 0.848. The van der Waals surface area contributed by atoms with Crippen molar-refractivity contribution in [2.45, 2.75) is 11.2 Å². The van der Waals surface area contributed by atoms with Gasteiger partial charge in [-0.1, -0.05) is 34.1 Å². The number of carbonyl (C=O) groups is 1. The van der Waals surface area contributed by atoms with E-state index in [4.69, 9.17) is 0 Å². The first kappa shape index (κ1) is 14.7. The summed E-state index contributed by atoms with van der Waals surface area (Å²) in [5, 5.41) is 2.84. The minimum absolute atomic E-state index is 0.0419. The SMILES string of the molecule is O=C1NCCc2ccc(C(Br)c3ccc(Br)c(F)c3)cc21. The Morgan fingerprint density at radius 2 is 1.86 bits per heavy atom. The molecule has 0 spiro atoms. The van der Waals surface area contributed by atoms with Crippen LogP contribution in [0.1, 0.15) is 31.9 Å². The Hall–Kier alpha value is -1.20. The minimum Gasteiger partial charge on any atom is -0.352 e. The van der Waals surface area contributed by atoms with Gasteiger partial charge in [0.2, 0.25) is 0 Å². The van der Waals surface area contributed by atoms with Gasteiger partial charge in [0.05, 0.1) is 9.30 Å². The summed E-state index contributed by atoms with van der Waals surface area (Å²) in [5.74, 6) is -0.340. The van der Waals surface area contributed by atoms with Gasteiger partial charge in [-0.15, -0.1) is 0 Å². The van der Waals surface area contributed by atoms with Crippen LogP contribution >= 0.6 is 31.9 Å². The highest BCUT2D eigenvalue weighted by Crippen LogP contribution is 2.33. The fourth-order valence-electron chi connectivity index (χ4n) is 2.45. The Balaban J connectivity index is 1.98. The summed E-state index contributed by atoms with van der Waals surface area (Å²) in [5.41, 5.74) is 3.52. The van der Waals surface area contributed by atoms with Crippen LogP contribution in [0, 0.1) is 5.82 Å². The van der Waals surface area contributed by atoms with Crippen molar-refractivity contribution >= 4 is 37.8 Å². The summed E-state index contributed by atoms with van der Waals surface area (Å²) in [6, 6.07) is 10.9. The van der Waals surface area contributed by atoms with Gasteiger partial charge >= 0.3 is 0 Å². The van der Waals surface area contributed by atoms with Crippen LogP contribution in [0.15, 0.2) is 40.9 Å². The molecule has 1 heterocycles. The second-order valence-electron chi connectivity index (χ2n) is 4.96. The minimum atomic E-state index is -0.298. The molecule has 0 radical (unpaired) electrons.